The summed E-state index contributed by atoms with van der Waals surface area (Å²) in [4.78, 5) is 2.14. The quantitative estimate of drug-likeness (QED) is 0.464. The van der Waals surface area contributed by atoms with Crippen molar-refractivity contribution in [1.82, 2.24) is 0 Å². The standard InChI is InChI=1S/C22H18N2O/c1-14-10-11-19(15(2)12-14)24(3)20-9-5-8-18-17-7-4-6-16(13-23)21(17)25-22(18)20/h4-12H,1-3H3. The fraction of sp³-hybridized carbons (Fsp3) is 0.136. The molecule has 0 fully saturated rings. The highest BCUT2D eigenvalue weighted by Gasteiger charge is 2.17. The second-order valence-corrected chi connectivity index (χ2v) is 6.40. The van der Waals surface area contributed by atoms with E-state index in [1.165, 1.54) is 11.1 Å². The minimum absolute atomic E-state index is 0.564. The van der Waals surface area contributed by atoms with Crippen molar-refractivity contribution >= 4 is 33.3 Å². The first-order valence-electron chi connectivity index (χ1n) is 8.25. The summed E-state index contributed by atoms with van der Waals surface area (Å²) in [6.45, 7) is 4.21. The second-order valence-electron chi connectivity index (χ2n) is 6.40. The predicted octanol–water partition coefficient (Wildman–Crippen LogP) is 5.84. The maximum atomic E-state index is 9.36. The molecule has 0 saturated heterocycles. The van der Waals surface area contributed by atoms with Crippen molar-refractivity contribution in [3.8, 4) is 6.07 Å². The number of benzene rings is 3. The normalized spacial score (nSPS) is 11.0. The molecule has 3 aromatic carbocycles. The van der Waals surface area contributed by atoms with E-state index < -0.39 is 0 Å². The van der Waals surface area contributed by atoms with Crippen LogP contribution in [0.15, 0.2) is 59.0 Å². The summed E-state index contributed by atoms with van der Waals surface area (Å²) in [7, 11) is 2.05. The maximum Gasteiger partial charge on any atom is 0.159 e. The Hall–Kier alpha value is -3.25. The fourth-order valence-corrected chi connectivity index (χ4v) is 3.47. The molecule has 4 rings (SSSR count). The van der Waals surface area contributed by atoms with Gasteiger partial charge in [-0.05, 0) is 37.6 Å². The molecule has 0 spiro atoms. The van der Waals surface area contributed by atoms with Gasteiger partial charge in [0.1, 0.15) is 6.07 Å². The van der Waals surface area contributed by atoms with Crippen LogP contribution in [-0.4, -0.2) is 7.05 Å². The van der Waals surface area contributed by atoms with Crippen LogP contribution in [0.4, 0.5) is 11.4 Å². The third kappa shape index (κ3) is 2.35. The number of aryl methyl sites for hydroxylation is 2. The van der Waals surface area contributed by atoms with Gasteiger partial charge < -0.3 is 9.32 Å². The van der Waals surface area contributed by atoms with E-state index in [1.54, 1.807) is 6.07 Å². The molecule has 4 aromatic rings. The molecule has 0 atom stereocenters. The molecule has 0 saturated carbocycles. The molecular weight excluding hydrogens is 308 g/mol. The van der Waals surface area contributed by atoms with Crippen molar-refractivity contribution in [3.63, 3.8) is 0 Å². The summed E-state index contributed by atoms with van der Waals surface area (Å²) < 4.78 is 6.15. The average molecular weight is 326 g/mol. The van der Waals surface area contributed by atoms with Crippen LogP contribution in [0.25, 0.3) is 21.9 Å². The third-order valence-electron chi connectivity index (χ3n) is 4.70. The summed E-state index contributed by atoms with van der Waals surface area (Å²) in [6, 6.07) is 20.5. The Labute approximate surface area is 146 Å². The van der Waals surface area contributed by atoms with Gasteiger partial charge in [-0.1, -0.05) is 42.0 Å². The van der Waals surface area contributed by atoms with Crippen molar-refractivity contribution in [1.29, 1.82) is 5.26 Å². The largest absolute Gasteiger partial charge is 0.452 e. The van der Waals surface area contributed by atoms with Gasteiger partial charge in [-0.3, -0.25) is 0 Å². The first-order chi connectivity index (χ1) is 12.1. The highest BCUT2D eigenvalue weighted by Crippen LogP contribution is 2.38. The van der Waals surface area contributed by atoms with E-state index in [0.29, 0.717) is 11.1 Å². The van der Waals surface area contributed by atoms with Crippen molar-refractivity contribution in [3.05, 3.63) is 71.3 Å². The van der Waals surface area contributed by atoms with Gasteiger partial charge in [0, 0.05) is 23.5 Å². The number of nitriles is 1. The van der Waals surface area contributed by atoms with Crippen LogP contribution in [0, 0.1) is 25.2 Å². The highest BCUT2D eigenvalue weighted by atomic mass is 16.3. The molecule has 25 heavy (non-hydrogen) atoms. The molecule has 0 aliphatic carbocycles. The third-order valence-corrected chi connectivity index (χ3v) is 4.70. The van der Waals surface area contributed by atoms with Gasteiger partial charge in [0.15, 0.2) is 11.2 Å². The number of rotatable bonds is 2. The van der Waals surface area contributed by atoms with Crippen LogP contribution >= 0.6 is 0 Å². The molecule has 0 aliphatic heterocycles. The molecular formula is C22H18N2O. The molecule has 1 aromatic heterocycles. The number of anilines is 2. The van der Waals surface area contributed by atoms with Gasteiger partial charge >= 0.3 is 0 Å². The van der Waals surface area contributed by atoms with Crippen LogP contribution in [-0.2, 0) is 0 Å². The van der Waals surface area contributed by atoms with Crippen molar-refractivity contribution in [2.45, 2.75) is 13.8 Å². The Bertz CT molecular complexity index is 1150. The summed E-state index contributed by atoms with van der Waals surface area (Å²) in [5.74, 6) is 0. The molecule has 0 radical (unpaired) electrons. The molecule has 3 nitrogen and oxygen atoms in total. The summed E-state index contributed by atoms with van der Waals surface area (Å²) in [5, 5.41) is 11.4. The fourth-order valence-electron chi connectivity index (χ4n) is 3.47. The van der Waals surface area contributed by atoms with Gasteiger partial charge in [0.2, 0.25) is 0 Å². The average Bonchev–Trinajstić information content (AvgIpc) is 3.00. The Morgan fingerprint density at radius 3 is 2.32 bits per heavy atom. The Morgan fingerprint density at radius 2 is 1.60 bits per heavy atom. The monoisotopic (exact) mass is 326 g/mol. The Morgan fingerprint density at radius 1 is 0.880 bits per heavy atom. The van der Waals surface area contributed by atoms with Gasteiger partial charge in [-0.25, -0.2) is 0 Å². The van der Waals surface area contributed by atoms with Crippen LogP contribution in [0.2, 0.25) is 0 Å². The van der Waals surface area contributed by atoms with Gasteiger partial charge in [0.25, 0.3) is 0 Å². The molecule has 1 heterocycles. The number of nitrogens with zero attached hydrogens (tertiary/aromatic N) is 2. The smallest absolute Gasteiger partial charge is 0.159 e. The second kappa shape index (κ2) is 5.68. The zero-order chi connectivity index (χ0) is 17.6. The lowest BCUT2D eigenvalue weighted by Crippen LogP contribution is -2.11. The molecule has 122 valence electrons. The number of fused-ring (bicyclic) bond motifs is 3. The molecule has 0 unspecified atom stereocenters. The summed E-state index contributed by atoms with van der Waals surface area (Å²) >= 11 is 0. The molecule has 0 aliphatic rings. The van der Waals surface area contributed by atoms with E-state index in [1.807, 2.05) is 31.3 Å². The first-order valence-corrected chi connectivity index (χ1v) is 8.25. The molecule has 0 amide bonds. The van der Waals surface area contributed by atoms with Crippen molar-refractivity contribution in [2.24, 2.45) is 0 Å². The van der Waals surface area contributed by atoms with Crippen molar-refractivity contribution < 1.29 is 4.42 Å². The van der Waals surface area contributed by atoms with Gasteiger partial charge in [0.05, 0.1) is 11.3 Å². The minimum Gasteiger partial charge on any atom is -0.452 e. The molecule has 0 bridgehead atoms. The lowest BCUT2D eigenvalue weighted by atomic mass is 10.1. The lowest BCUT2D eigenvalue weighted by molar-refractivity contribution is 0.667. The summed E-state index contributed by atoms with van der Waals surface area (Å²) in [6.07, 6.45) is 0. The van der Waals surface area contributed by atoms with Crippen LogP contribution in [0.5, 0.6) is 0 Å². The zero-order valence-corrected chi connectivity index (χ0v) is 14.5. The van der Waals surface area contributed by atoms with Crippen molar-refractivity contribution in [2.75, 3.05) is 11.9 Å². The van der Waals surface area contributed by atoms with E-state index in [4.69, 9.17) is 4.42 Å². The van der Waals surface area contributed by atoms with Crippen LogP contribution in [0.1, 0.15) is 16.7 Å². The van der Waals surface area contributed by atoms with E-state index >= 15 is 0 Å². The topological polar surface area (TPSA) is 40.2 Å². The first kappa shape index (κ1) is 15.3. The van der Waals surface area contributed by atoms with Gasteiger partial charge in [-0.2, -0.15) is 5.26 Å². The van der Waals surface area contributed by atoms with E-state index in [2.05, 4.69) is 49.1 Å². The predicted molar refractivity (Wildman–Crippen MR) is 102 cm³/mol. The maximum absolute atomic E-state index is 9.36. The SMILES string of the molecule is Cc1ccc(N(C)c2cccc3c2oc2c(C#N)cccc23)c(C)c1. The highest BCUT2D eigenvalue weighted by molar-refractivity contribution is 6.10. The number of hydrogen-bond acceptors (Lipinski definition) is 3. The minimum atomic E-state index is 0.564. The zero-order valence-electron chi connectivity index (χ0n) is 14.5. The Kier molecular flexibility index (Phi) is 3.47. The van der Waals surface area contributed by atoms with E-state index in [-0.39, 0.29) is 0 Å². The number of para-hydroxylation sites is 2. The number of furan rings is 1. The number of hydrogen-bond donors (Lipinski definition) is 0. The lowest BCUT2D eigenvalue weighted by Gasteiger charge is -2.22. The van der Waals surface area contributed by atoms with Crippen LogP contribution < -0.4 is 4.90 Å². The molecule has 0 N–H and O–H groups in total. The molecule has 3 heteroatoms. The van der Waals surface area contributed by atoms with E-state index in [0.717, 1.165) is 27.7 Å². The van der Waals surface area contributed by atoms with Crippen LogP contribution in [0.3, 0.4) is 0 Å². The Balaban J connectivity index is 1.98. The van der Waals surface area contributed by atoms with E-state index in [9.17, 15) is 5.26 Å². The van der Waals surface area contributed by atoms with Gasteiger partial charge in [-0.15, -0.1) is 0 Å². The summed E-state index contributed by atoms with van der Waals surface area (Å²) in [5.41, 5.74) is 6.62.